The van der Waals surface area contributed by atoms with Gasteiger partial charge in [0.05, 0.1) is 0 Å². The van der Waals surface area contributed by atoms with Crippen LogP contribution in [0, 0.1) is 0 Å². The Morgan fingerprint density at radius 3 is 2.42 bits per heavy atom. The van der Waals surface area contributed by atoms with E-state index in [9.17, 15) is 4.79 Å². The van der Waals surface area contributed by atoms with Crippen molar-refractivity contribution in [2.75, 3.05) is 19.0 Å². The molecule has 1 aliphatic heterocycles. The number of carbonyl (C=O) groups is 1. The van der Waals surface area contributed by atoms with Crippen LogP contribution in [-0.4, -0.2) is 26.0 Å². The largest absolute Gasteiger partial charge is 0.402 e. The SMILES string of the molecule is CN(C)c1ccc(C=C2N=C(c3cccc4ccccc34)OC2=O)cc1. The predicted octanol–water partition coefficient (Wildman–Crippen LogP) is 4.25. The summed E-state index contributed by atoms with van der Waals surface area (Å²) in [7, 11) is 3.98. The molecule has 3 aromatic carbocycles. The topological polar surface area (TPSA) is 41.9 Å². The van der Waals surface area contributed by atoms with Gasteiger partial charge in [0, 0.05) is 25.3 Å². The number of hydrogen-bond acceptors (Lipinski definition) is 4. The van der Waals surface area contributed by atoms with Crippen LogP contribution in [0.5, 0.6) is 0 Å². The van der Waals surface area contributed by atoms with Crippen LogP contribution in [0.3, 0.4) is 0 Å². The lowest BCUT2D eigenvalue weighted by Gasteiger charge is -2.11. The van der Waals surface area contributed by atoms with Crippen LogP contribution >= 0.6 is 0 Å². The Bertz CT molecular complexity index is 1040. The molecule has 0 saturated heterocycles. The molecule has 0 unspecified atom stereocenters. The first-order valence-corrected chi connectivity index (χ1v) is 8.40. The molecule has 0 saturated carbocycles. The molecule has 1 heterocycles. The van der Waals surface area contributed by atoms with Gasteiger partial charge >= 0.3 is 5.97 Å². The van der Waals surface area contributed by atoms with Crippen molar-refractivity contribution in [2.24, 2.45) is 4.99 Å². The fraction of sp³-hybridized carbons (Fsp3) is 0.0909. The Hall–Kier alpha value is -3.40. The van der Waals surface area contributed by atoms with Crippen molar-refractivity contribution in [1.29, 1.82) is 0 Å². The van der Waals surface area contributed by atoms with Gasteiger partial charge in [0.25, 0.3) is 0 Å². The van der Waals surface area contributed by atoms with E-state index in [2.05, 4.69) is 4.99 Å². The van der Waals surface area contributed by atoms with Crippen LogP contribution in [0.15, 0.2) is 77.4 Å². The highest BCUT2D eigenvalue weighted by Crippen LogP contribution is 2.25. The number of nitrogens with zero attached hydrogens (tertiary/aromatic N) is 2. The van der Waals surface area contributed by atoms with Crippen molar-refractivity contribution in [3.05, 3.63) is 83.6 Å². The Kier molecular flexibility index (Phi) is 4.01. The van der Waals surface area contributed by atoms with E-state index in [1.165, 1.54) is 0 Å². The summed E-state index contributed by atoms with van der Waals surface area (Å²) in [5.41, 5.74) is 3.14. The van der Waals surface area contributed by atoms with Crippen molar-refractivity contribution < 1.29 is 9.53 Å². The molecular formula is C22H18N2O2. The van der Waals surface area contributed by atoms with Gasteiger partial charge in [0.1, 0.15) is 0 Å². The Morgan fingerprint density at radius 2 is 1.65 bits per heavy atom. The van der Waals surface area contributed by atoms with Gasteiger partial charge in [-0.15, -0.1) is 0 Å². The van der Waals surface area contributed by atoms with E-state index in [4.69, 9.17) is 4.74 Å². The number of anilines is 1. The van der Waals surface area contributed by atoms with Gasteiger partial charge in [-0.1, -0.05) is 48.5 Å². The minimum absolute atomic E-state index is 0.311. The standard InChI is InChI=1S/C22H18N2O2/c1-24(2)17-12-10-15(11-13-17)14-20-22(25)26-21(23-20)19-9-5-7-16-6-3-4-8-18(16)19/h3-14H,1-2H3. The summed E-state index contributed by atoms with van der Waals surface area (Å²) in [6, 6.07) is 21.8. The minimum Gasteiger partial charge on any atom is -0.402 e. The summed E-state index contributed by atoms with van der Waals surface area (Å²) < 4.78 is 5.44. The molecule has 26 heavy (non-hydrogen) atoms. The molecule has 0 amide bonds. The number of fused-ring (bicyclic) bond motifs is 1. The van der Waals surface area contributed by atoms with Gasteiger partial charge in [-0.25, -0.2) is 9.79 Å². The average Bonchev–Trinajstić information content (AvgIpc) is 3.02. The van der Waals surface area contributed by atoms with Gasteiger partial charge < -0.3 is 9.64 Å². The highest BCUT2D eigenvalue weighted by atomic mass is 16.6. The summed E-state index contributed by atoms with van der Waals surface area (Å²) in [6.45, 7) is 0. The Morgan fingerprint density at radius 1 is 0.923 bits per heavy atom. The van der Waals surface area contributed by atoms with Crippen molar-refractivity contribution in [1.82, 2.24) is 0 Å². The molecule has 1 aliphatic rings. The number of hydrogen-bond donors (Lipinski definition) is 0. The average molecular weight is 342 g/mol. The van der Waals surface area contributed by atoms with Gasteiger partial charge in [-0.2, -0.15) is 0 Å². The zero-order valence-corrected chi connectivity index (χ0v) is 14.6. The zero-order valence-electron chi connectivity index (χ0n) is 14.6. The summed E-state index contributed by atoms with van der Waals surface area (Å²) >= 11 is 0. The lowest BCUT2D eigenvalue weighted by Crippen LogP contribution is -2.08. The Labute approximate surface area is 152 Å². The molecule has 0 atom stereocenters. The van der Waals surface area contributed by atoms with Crippen LogP contribution in [0.25, 0.3) is 16.8 Å². The van der Waals surface area contributed by atoms with E-state index in [0.717, 1.165) is 27.6 Å². The van der Waals surface area contributed by atoms with Gasteiger partial charge in [-0.05, 0) is 40.6 Å². The molecule has 0 aliphatic carbocycles. The summed E-state index contributed by atoms with van der Waals surface area (Å²) in [6.07, 6.45) is 1.75. The third-order valence-electron chi connectivity index (χ3n) is 4.35. The van der Waals surface area contributed by atoms with Gasteiger partial charge in [0.15, 0.2) is 5.70 Å². The van der Waals surface area contributed by atoms with Crippen molar-refractivity contribution in [3.63, 3.8) is 0 Å². The molecule has 0 N–H and O–H groups in total. The van der Waals surface area contributed by atoms with Crippen LogP contribution in [0.2, 0.25) is 0 Å². The number of esters is 1. The van der Waals surface area contributed by atoms with E-state index in [1.54, 1.807) is 6.08 Å². The van der Waals surface area contributed by atoms with Gasteiger partial charge in [-0.3, -0.25) is 0 Å². The van der Waals surface area contributed by atoms with Gasteiger partial charge in [0.2, 0.25) is 5.90 Å². The van der Waals surface area contributed by atoms with Crippen LogP contribution in [-0.2, 0) is 9.53 Å². The maximum absolute atomic E-state index is 12.3. The summed E-state index contributed by atoms with van der Waals surface area (Å²) in [5.74, 6) is -0.0763. The maximum Gasteiger partial charge on any atom is 0.363 e. The third-order valence-corrected chi connectivity index (χ3v) is 4.35. The fourth-order valence-corrected chi connectivity index (χ4v) is 2.96. The van der Waals surface area contributed by atoms with E-state index >= 15 is 0 Å². The molecule has 4 heteroatoms. The van der Waals surface area contributed by atoms with Crippen LogP contribution in [0.4, 0.5) is 5.69 Å². The second-order valence-electron chi connectivity index (χ2n) is 6.35. The van der Waals surface area contributed by atoms with Crippen molar-refractivity contribution >= 4 is 34.4 Å². The predicted molar refractivity (Wildman–Crippen MR) is 105 cm³/mol. The molecule has 0 aromatic heterocycles. The molecule has 3 aromatic rings. The molecule has 0 bridgehead atoms. The molecule has 128 valence electrons. The number of rotatable bonds is 3. The Balaban J connectivity index is 1.71. The number of carbonyl (C=O) groups excluding carboxylic acids is 1. The van der Waals surface area contributed by atoms with E-state index < -0.39 is 5.97 Å². The maximum atomic E-state index is 12.3. The summed E-state index contributed by atoms with van der Waals surface area (Å²) in [5, 5.41) is 2.10. The number of aliphatic imine (C=N–C) groups is 1. The highest BCUT2D eigenvalue weighted by Gasteiger charge is 2.25. The molecule has 4 rings (SSSR count). The zero-order chi connectivity index (χ0) is 18.1. The van der Waals surface area contributed by atoms with Crippen molar-refractivity contribution in [3.8, 4) is 0 Å². The fourth-order valence-electron chi connectivity index (χ4n) is 2.96. The first kappa shape index (κ1) is 16.1. The minimum atomic E-state index is -0.426. The van der Waals surface area contributed by atoms with E-state index in [-0.39, 0.29) is 0 Å². The molecule has 0 radical (unpaired) electrons. The second kappa shape index (κ2) is 6.48. The smallest absolute Gasteiger partial charge is 0.363 e. The van der Waals surface area contributed by atoms with Crippen LogP contribution < -0.4 is 4.90 Å². The first-order valence-electron chi connectivity index (χ1n) is 8.40. The third kappa shape index (κ3) is 2.97. The highest BCUT2D eigenvalue weighted by molar-refractivity contribution is 6.17. The molecule has 4 nitrogen and oxygen atoms in total. The quantitative estimate of drug-likeness (QED) is 0.528. The number of cyclic esters (lactones) is 1. The lowest BCUT2D eigenvalue weighted by atomic mass is 10.0. The monoisotopic (exact) mass is 342 g/mol. The van der Waals surface area contributed by atoms with E-state index in [0.29, 0.717) is 11.6 Å². The van der Waals surface area contributed by atoms with Crippen molar-refractivity contribution in [2.45, 2.75) is 0 Å². The number of ether oxygens (including phenoxy) is 1. The molecule has 0 fully saturated rings. The number of benzene rings is 3. The van der Waals surface area contributed by atoms with E-state index in [1.807, 2.05) is 85.7 Å². The molecular weight excluding hydrogens is 324 g/mol. The molecule has 0 spiro atoms. The van der Waals surface area contributed by atoms with Crippen LogP contribution in [0.1, 0.15) is 11.1 Å². The first-order chi connectivity index (χ1) is 12.6. The normalized spacial score (nSPS) is 15.2. The second-order valence-corrected chi connectivity index (χ2v) is 6.35. The lowest BCUT2D eigenvalue weighted by molar-refractivity contribution is -0.129. The summed E-state index contributed by atoms with van der Waals surface area (Å²) in [4.78, 5) is 18.7.